The summed E-state index contributed by atoms with van der Waals surface area (Å²) >= 11 is 5.93. The van der Waals surface area contributed by atoms with Crippen molar-refractivity contribution in [2.45, 2.75) is 37.0 Å². The zero-order valence-corrected chi connectivity index (χ0v) is 23.6. The fraction of sp³-hybridized carbons (Fsp3) is 0.344. The molecule has 1 amide bonds. The monoisotopic (exact) mass is 583 g/mol. The molecule has 41 heavy (non-hydrogen) atoms. The van der Waals surface area contributed by atoms with Crippen LogP contribution in [0.1, 0.15) is 28.7 Å². The second-order valence-corrected chi connectivity index (χ2v) is 11.0. The van der Waals surface area contributed by atoms with E-state index in [9.17, 15) is 18.0 Å². The minimum absolute atomic E-state index is 0.0191. The highest BCUT2D eigenvalue weighted by Gasteiger charge is 2.42. The molecule has 0 aliphatic carbocycles. The summed E-state index contributed by atoms with van der Waals surface area (Å²) in [6.07, 6.45) is -0.444. The van der Waals surface area contributed by atoms with E-state index in [0.29, 0.717) is 25.9 Å². The Bertz CT molecular complexity index is 1400. The number of hydrogen-bond acceptors (Lipinski definition) is 4. The molecule has 2 aliphatic heterocycles. The van der Waals surface area contributed by atoms with E-state index in [4.69, 9.17) is 16.3 Å². The lowest BCUT2D eigenvalue weighted by Gasteiger charge is -2.47. The Morgan fingerprint density at radius 1 is 1.02 bits per heavy atom. The molecular formula is C32H33ClF3N3O2. The second-order valence-electron chi connectivity index (χ2n) is 10.6. The first-order chi connectivity index (χ1) is 19.7. The highest BCUT2D eigenvalue weighted by atomic mass is 35.5. The zero-order chi connectivity index (χ0) is 29.0. The number of piperazine rings is 1. The maximum absolute atomic E-state index is 13.3. The number of amides is 1. The van der Waals surface area contributed by atoms with E-state index in [1.807, 2.05) is 37.4 Å². The smallest absolute Gasteiger partial charge is 0.417 e. The minimum atomic E-state index is -4.53. The van der Waals surface area contributed by atoms with E-state index in [1.54, 1.807) is 4.90 Å². The molecule has 0 saturated carbocycles. The van der Waals surface area contributed by atoms with Crippen LogP contribution in [0.25, 0.3) is 0 Å². The summed E-state index contributed by atoms with van der Waals surface area (Å²) in [5.74, 6) is 0.0672. The van der Waals surface area contributed by atoms with E-state index in [2.05, 4.69) is 41.0 Å². The Kier molecular flexibility index (Phi) is 8.73. The van der Waals surface area contributed by atoms with Crippen molar-refractivity contribution in [3.05, 3.63) is 112 Å². The molecule has 2 aliphatic rings. The number of carbonyl (C=O) groups is 1. The van der Waals surface area contributed by atoms with Gasteiger partial charge in [-0.2, -0.15) is 13.2 Å². The van der Waals surface area contributed by atoms with Gasteiger partial charge >= 0.3 is 6.18 Å². The number of carbonyl (C=O) groups excluding carboxylic acids is 1. The van der Waals surface area contributed by atoms with Crippen molar-refractivity contribution in [3.8, 4) is 5.75 Å². The van der Waals surface area contributed by atoms with Crippen LogP contribution >= 0.6 is 11.6 Å². The van der Waals surface area contributed by atoms with Gasteiger partial charge in [0.15, 0.2) is 0 Å². The fourth-order valence-corrected chi connectivity index (χ4v) is 5.81. The lowest BCUT2D eigenvalue weighted by Crippen LogP contribution is -2.65. The first-order valence-electron chi connectivity index (χ1n) is 13.7. The van der Waals surface area contributed by atoms with E-state index in [0.717, 1.165) is 35.7 Å². The number of fused-ring (bicyclic) bond motifs is 2. The van der Waals surface area contributed by atoms with Crippen molar-refractivity contribution in [2.75, 3.05) is 33.3 Å². The average molecular weight is 584 g/mol. The van der Waals surface area contributed by atoms with Crippen LogP contribution in [0.15, 0.2) is 84.4 Å². The quantitative estimate of drug-likeness (QED) is 0.336. The van der Waals surface area contributed by atoms with Crippen molar-refractivity contribution in [1.29, 1.82) is 0 Å². The standard InChI is InChI=1S/C32H33ClF3N3O2/c1-39(18-15-22-6-3-2-4-7-22)30(40)25-14-17-31(21-37-20-27(25)38-31)24-12-10-23(11-13-24)16-19-41-28-9-5-8-26(29(28)33)32(34,35)36/h2-14,27,37-38H,15-21H2,1H3. The van der Waals surface area contributed by atoms with Crippen LogP contribution < -0.4 is 15.4 Å². The van der Waals surface area contributed by atoms with E-state index < -0.39 is 16.8 Å². The van der Waals surface area contributed by atoms with Gasteiger partial charge in [-0.05, 0) is 41.7 Å². The molecule has 3 aromatic rings. The van der Waals surface area contributed by atoms with Gasteiger partial charge in [-0.1, -0.05) is 78.3 Å². The molecule has 1 saturated heterocycles. The van der Waals surface area contributed by atoms with Crippen molar-refractivity contribution in [1.82, 2.24) is 15.5 Å². The highest BCUT2D eigenvalue weighted by molar-refractivity contribution is 6.32. The van der Waals surface area contributed by atoms with Gasteiger partial charge in [0.1, 0.15) is 5.75 Å². The normalized spacial score (nSPS) is 20.3. The number of benzene rings is 3. The summed E-state index contributed by atoms with van der Waals surface area (Å²) in [6.45, 7) is 2.26. The van der Waals surface area contributed by atoms with Crippen LogP contribution in [0.2, 0.25) is 5.02 Å². The largest absolute Gasteiger partial charge is 0.492 e. The Hall–Kier alpha value is -3.33. The Morgan fingerprint density at radius 3 is 2.49 bits per heavy atom. The van der Waals surface area contributed by atoms with Gasteiger partial charge in [0, 0.05) is 38.7 Å². The zero-order valence-electron chi connectivity index (χ0n) is 22.8. The van der Waals surface area contributed by atoms with Gasteiger partial charge in [0.25, 0.3) is 5.91 Å². The summed E-state index contributed by atoms with van der Waals surface area (Å²) in [5, 5.41) is 6.82. The maximum atomic E-state index is 13.3. The first kappa shape index (κ1) is 29.2. The molecule has 2 bridgehead atoms. The molecule has 216 valence electrons. The Labute approximate surface area is 243 Å². The summed E-state index contributed by atoms with van der Waals surface area (Å²) in [4.78, 5) is 15.1. The summed E-state index contributed by atoms with van der Waals surface area (Å²) < 4.78 is 44.9. The van der Waals surface area contributed by atoms with Crippen LogP contribution in [0, 0.1) is 0 Å². The Balaban J connectivity index is 1.19. The number of likely N-dealkylation sites (N-methyl/N-ethyl adjacent to an activating group) is 1. The number of halogens is 4. The van der Waals surface area contributed by atoms with E-state index in [1.165, 1.54) is 17.7 Å². The average Bonchev–Trinajstić information content (AvgIpc) is 2.97. The van der Waals surface area contributed by atoms with Gasteiger partial charge in [-0.15, -0.1) is 0 Å². The van der Waals surface area contributed by atoms with Crippen molar-refractivity contribution < 1.29 is 22.7 Å². The molecule has 0 radical (unpaired) electrons. The molecule has 2 atom stereocenters. The lowest BCUT2D eigenvalue weighted by atomic mass is 9.78. The topological polar surface area (TPSA) is 53.6 Å². The third-order valence-corrected chi connectivity index (χ3v) is 8.26. The van der Waals surface area contributed by atoms with E-state index in [-0.39, 0.29) is 29.8 Å². The number of nitrogens with zero attached hydrogens (tertiary/aromatic N) is 1. The molecule has 3 aromatic carbocycles. The third kappa shape index (κ3) is 6.61. The summed E-state index contributed by atoms with van der Waals surface area (Å²) in [6, 6.07) is 21.9. The summed E-state index contributed by atoms with van der Waals surface area (Å²) in [7, 11) is 1.85. The maximum Gasteiger partial charge on any atom is 0.417 e. The SMILES string of the molecule is CN(CCc1ccccc1)C(=O)C1=CCC2(c3ccc(CCOc4cccc(C(F)(F)F)c4Cl)cc3)CNCC1N2. The Morgan fingerprint density at radius 2 is 1.76 bits per heavy atom. The summed E-state index contributed by atoms with van der Waals surface area (Å²) in [5.41, 5.74) is 2.88. The lowest BCUT2D eigenvalue weighted by molar-refractivity contribution is -0.137. The van der Waals surface area contributed by atoms with Crippen LogP contribution in [0.3, 0.4) is 0 Å². The molecule has 0 aromatic heterocycles. The van der Waals surface area contributed by atoms with Gasteiger partial charge in [0.2, 0.25) is 0 Å². The number of alkyl halides is 3. The molecule has 2 unspecified atom stereocenters. The molecule has 2 N–H and O–H groups in total. The predicted molar refractivity (Wildman–Crippen MR) is 154 cm³/mol. The predicted octanol–water partition coefficient (Wildman–Crippen LogP) is 5.77. The second kappa shape index (κ2) is 12.3. The molecular weight excluding hydrogens is 551 g/mol. The van der Waals surface area contributed by atoms with Crippen molar-refractivity contribution in [2.24, 2.45) is 0 Å². The van der Waals surface area contributed by atoms with Gasteiger partial charge in [0.05, 0.1) is 28.8 Å². The molecule has 5 nitrogen and oxygen atoms in total. The van der Waals surface area contributed by atoms with Gasteiger partial charge in [-0.3, -0.25) is 10.1 Å². The van der Waals surface area contributed by atoms with Crippen molar-refractivity contribution >= 4 is 17.5 Å². The van der Waals surface area contributed by atoms with E-state index >= 15 is 0 Å². The first-order valence-corrected chi connectivity index (χ1v) is 14.1. The number of hydrogen-bond donors (Lipinski definition) is 2. The van der Waals surface area contributed by atoms with Gasteiger partial charge in [-0.25, -0.2) is 0 Å². The molecule has 5 rings (SSSR count). The van der Waals surface area contributed by atoms with Gasteiger partial charge < -0.3 is 15.0 Å². The van der Waals surface area contributed by atoms with Crippen LogP contribution in [-0.2, 0) is 29.4 Å². The van der Waals surface area contributed by atoms with Crippen molar-refractivity contribution in [3.63, 3.8) is 0 Å². The highest BCUT2D eigenvalue weighted by Crippen LogP contribution is 2.39. The van der Waals surface area contributed by atoms with Crippen LogP contribution in [-0.4, -0.2) is 50.1 Å². The molecule has 0 spiro atoms. The van der Waals surface area contributed by atoms with Crippen LogP contribution in [0.4, 0.5) is 13.2 Å². The molecule has 1 fully saturated rings. The molecule has 9 heteroatoms. The molecule has 2 heterocycles. The number of ether oxygens (including phenoxy) is 1. The third-order valence-electron chi connectivity index (χ3n) is 7.87. The number of rotatable bonds is 9. The van der Waals surface area contributed by atoms with Crippen LogP contribution in [0.5, 0.6) is 5.75 Å². The fourth-order valence-electron chi connectivity index (χ4n) is 5.52. The number of nitrogens with one attached hydrogen (secondary N) is 2. The minimum Gasteiger partial charge on any atom is -0.492 e.